The molecule has 3 rings (SSSR count). The second-order valence-corrected chi connectivity index (χ2v) is 8.47. The van der Waals surface area contributed by atoms with Gasteiger partial charge in [0.2, 0.25) is 0 Å². The number of carboxylic acids is 1. The molecular weight excluding hydrogens is 419 g/mol. The largest absolute Gasteiger partial charge is 0.489 e. The number of esters is 1. The predicted octanol–water partition coefficient (Wildman–Crippen LogP) is 4.04. The average molecular weight is 446 g/mol. The van der Waals surface area contributed by atoms with Crippen LogP contribution in [0.3, 0.4) is 0 Å². The fraction of sp³-hybridized carbons (Fsp3) is 0.435. The van der Waals surface area contributed by atoms with Gasteiger partial charge in [-0.2, -0.15) is 0 Å². The molecule has 1 atom stereocenters. The number of rotatable bonds is 5. The Morgan fingerprint density at radius 1 is 1.28 bits per heavy atom. The highest BCUT2D eigenvalue weighted by Gasteiger charge is 2.35. The summed E-state index contributed by atoms with van der Waals surface area (Å²) in [7, 11) is 1.23. The number of hydrogen-bond acceptors (Lipinski definition) is 7. The van der Waals surface area contributed by atoms with Gasteiger partial charge in [0, 0.05) is 23.4 Å². The van der Waals surface area contributed by atoms with Crippen LogP contribution < -0.4 is 10.1 Å². The fourth-order valence-electron chi connectivity index (χ4n) is 3.75. The first-order chi connectivity index (χ1) is 15.0. The van der Waals surface area contributed by atoms with Crippen LogP contribution in [0.4, 0.5) is 10.1 Å². The Morgan fingerprint density at radius 3 is 2.56 bits per heavy atom. The van der Waals surface area contributed by atoms with Gasteiger partial charge in [-0.3, -0.25) is 0 Å². The van der Waals surface area contributed by atoms with Crippen molar-refractivity contribution in [1.82, 2.24) is 4.98 Å². The van der Waals surface area contributed by atoms with E-state index in [1.807, 2.05) is 0 Å². The quantitative estimate of drug-likeness (QED) is 0.663. The standard InChI is InChI=1S/C23H27FN2O6/c1-11-15(13-7-8-14-19(17(13)24)25-9-10-31-14)16(12(2)26-18(11)21(27)28)20(22(29)30-6)32-23(3,4)5/h7-8,20,25H,9-10H2,1-6H3,(H,27,28)/t20-/m0/s1. The number of anilines is 1. The number of pyridine rings is 1. The lowest BCUT2D eigenvalue weighted by Gasteiger charge is -2.29. The van der Waals surface area contributed by atoms with Crippen LogP contribution in [0.1, 0.15) is 54.2 Å². The first-order valence-corrected chi connectivity index (χ1v) is 10.2. The van der Waals surface area contributed by atoms with E-state index in [1.54, 1.807) is 33.8 Å². The number of aromatic nitrogens is 1. The van der Waals surface area contributed by atoms with Gasteiger partial charge in [-0.15, -0.1) is 0 Å². The van der Waals surface area contributed by atoms with Crippen LogP contribution in [-0.2, 0) is 14.3 Å². The number of methoxy groups -OCH3 is 1. The molecule has 2 N–H and O–H groups in total. The van der Waals surface area contributed by atoms with E-state index in [1.165, 1.54) is 20.1 Å². The molecule has 2 aromatic rings. The first kappa shape index (κ1) is 23.5. The molecule has 0 radical (unpaired) electrons. The van der Waals surface area contributed by atoms with Gasteiger partial charge in [-0.25, -0.2) is 19.0 Å². The third-order valence-electron chi connectivity index (χ3n) is 5.05. The van der Waals surface area contributed by atoms with E-state index < -0.39 is 29.5 Å². The Balaban J connectivity index is 2.38. The maximum absolute atomic E-state index is 15.7. The summed E-state index contributed by atoms with van der Waals surface area (Å²) in [6, 6.07) is 3.11. The van der Waals surface area contributed by atoms with Crippen molar-refractivity contribution < 1.29 is 33.3 Å². The molecule has 0 saturated carbocycles. The Morgan fingerprint density at radius 2 is 1.97 bits per heavy atom. The van der Waals surface area contributed by atoms with Crippen LogP contribution in [-0.4, -0.2) is 47.9 Å². The number of halogens is 1. The minimum absolute atomic E-state index is 0.105. The zero-order chi connectivity index (χ0) is 23.8. The smallest absolute Gasteiger partial charge is 0.354 e. The maximum atomic E-state index is 15.7. The minimum atomic E-state index is -1.26. The second-order valence-electron chi connectivity index (χ2n) is 8.47. The summed E-state index contributed by atoms with van der Waals surface area (Å²) < 4.78 is 32.1. The average Bonchev–Trinajstić information content (AvgIpc) is 2.73. The van der Waals surface area contributed by atoms with Crippen molar-refractivity contribution >= 4 is 17.6 Å². The molecule has 0 amide bonds. The molecule has 1 aliphatic heterocycles. The zero-order valence-electron chi connectivity index (χ0n) is 19.0. The van der Waals surface area contributed by atoms with Gasteiger partial charge < -0.3 is 24.6 Å². The molecule has 172 valence electrons. The number of fused-ring (bicyclic) bond motifs is 1. The first-order valence-electron chi connectivity index (χ1n) is 10.2. The van der Waals surface area contributed by atoms with Gasteiger partial charge >= 0.3 is 11.9 Å². The normalized spacial score (nSPS) is 14.1. The molecule has 1 aromatic carbocycles. The van der Waals surface area contributed by atoms with Crippen LogP contribution in [0, 0.1) is 19.7 Å². The zero-order valence-corrected chi connectivity index (χ0v) is 19.0. The Labute approximate surface area is 185 Å². The third kappa shape index (κ3) is 4.38. The predicted molar refractivity (Wildman–Crippen MR) is 116 cm³/mol. The molecule has 32 heavy (non-hydrogen) atoms. The van der Waals surface area contributed by atoms with Crippen molar-refractivity contribution in [3.63, 3.8) is 0 Å². The van der Waals surface area contributed by atoms with Crippen LogP contribution in [0.25, 0.3) is 11.1 Å². The van der Waals surface area contributed by atoms with Crippen molar-refractivity contribution in [3.05, 3.63) is 40.5 Å². The van der Waals surface area contributed by atoms with Crippen molar-refractivity contribution in [2.75, 3.05) is 25.6 Å². The molecule has 1 aliphatic rings. The van der Waals surface area contributed by atoms with E-state index in [9.17, 15) is 14.7 Å². The molecule has 0 saturated heterocycles. The number of nitrogens with one attached hydrogen (secondary N) is 1. The number of hydrogen-bond donors (Lipinski definition) is 2. The van der Waals surface area contributed by atoms with Gasteiger partial charge in [-0.05, 0) is 57.9 Å². The van der Waals surface area contributed by atoms with E-state index in [0.29, 0.717) is 18.9 Å². The third-order valence-corrected chi connectivity index (χ3v) is 5.05. The topological polar surface area (TPSA) is 107 Å². The summed E-state index contributed by atoms with van der Waals surface area (Å²) in [5, 5.41) is 12.7. The number of aryl methyl sites for hydroxylation is 1. The summed E-state index contributed by atoms with van der Waals surface area (Å²) in [6.07, 6.45) is -1.25. The summed E-state index contributed by atoms with van der Waals surface area (Å²) >= 11 is 0. The fourth-order valence-corrected chi connectivity index (χ4v) is 3.75. The molecule has 8 nitrogen and oxygen atoms in total. The second kappa shape index (κ2) is 8.74. The molecule has 0 aliphatic carbocycles. The van der Waals surface area contributed by atoms with Gasteiger partial charge in [-0.1, -0.05) is 0 Å². The summed E-state index contributed by atoms with van der Waals surface area (Å²) in [5.41, 5.74) is 0.203. The molecule has 9 heteroatoms. The highest BCUT2D eigenvalue weighted by atomic mass is 19.1. The SMILES string of the molecule is COC(=O)[C@@H](OC(C)(C)C)c1c(C)nc(C(=O)O)c(C)c1-c1ccc2c(c1F)NCCO2. The number of carbonyl (C=O) groups excluding carboxylic acids is 1. The van der Waals surface area contributed by atoms with Crippen LogP contribution >= 0.6 is 0 Å². The molecule has 2 heterocycles. The van der Waals surface area contributed by atoms with E-state index in [-0.39, 0.29) is 39.3 Å². The number of carboxylic acid groups (broad SMARTS) is 1. The van der Waals surface area contributed by atoms with Crippen molar-refractivity contribution in [2.24, 2.45) is 0 Å². The number of carbonyl (C=O) groups is 2. The van der Waals surface area contributed by atoms with E-state index in [2.05, 4.69) is 10.3 Å². The lowest BCUT2D eigenvalue weighted by Crippen LogP contribution is -2.30. The monoisotopic (exact) mass is 446 g/mol. The van der Waals surface area contributed by atoms with Crippen molar-refractivity contribution in [2.45, 2.75) is 46.3 Å². The Bertz CT molecular complexity index is 1080. The van der Waals surface area contributed by atoms with Gasteiger partial charge in [0.1, 0.15) is 18.0 Å². The van der Waals surface area contributed by atoms with E-state index in [4.69, 9.17) is 14.2 Å². The molecule has 0 fully saturated rings. The number of nitrogens with zero attached hydrogens (tertiary/aromatic N) is 1. The molecule has 1 aromatic heterocycles. The number of ether oxygens (including phenoxy) is 3. The molecular formula is C23H27FN2O6. The lowest BCUT2D eigenvalue weighted by atomic mass is 9.89. The van der Waals surface area contributed by atoms with Crippen LogP contribution in [0.2, 0.25) is 0 Å². The molecule has 0 bridgehead atoms. The van der Waals surface area contributed by atoms with Crippen molar-refractivity contribution in [1.29, 1.82) is 0 Å². The van der Waals surface area contributed by atoms with E-state index in [0.717, 1.165) is 0 Å². The van der Waals surface area contributed by atoms with Crippen LogP contribution in [0.5, 0.6) is 5.75 Å². The van der Waals surface area contributed by atoms with Crippen molar-refractivity contribution in [3.8, 4) is 16.9 Å². The maximum Gasteiger partial charge on any atom is 0.354 e. The summed E-state index contributed by atoms with van der Waals surface area (Å²) in [4.78, 5) is 28.8. The molecule has 0 spiro atoms. The van der Waals surface area contributed by atoms with Crippen LogP contribution in [0.15, 0.2) is 12.1 Å². The highest BCUT2D eigenvalue weighted by Crippen LogP contribution is 2.43. The Kier molecular flexibility index (Phi) is 6.41. The van der Waals surface area contributed by atoms with Gasteiger partial charge in [0.05, 0.1) is 12.7 Å². The highest BCUT2D eigenvalue weighted by molar-refractivity contribution is 5.93. The Hall–Kier alpha value is -3.20. The van der Waals surface area contributed by atoms with Gasteiger partial charge in [0.15, 0.2) is 17.6 Å². The van der Waals surface area contributed by atoms with E-state index >= 15 is 4.39 Å². The number of aromatic carboxylic acids is 1. The lowest BCUT2D eigenvalue weighted by molar-refractivity contribution is -0.164. The number of benzene rings is 1. The molecule has 0 unspecified atom stereocenters. The summed E-state index contributed by atoms with van der Waals surface area (Å²) in [6.45, 7) is 9.22. The van der Waals surface area contributed by atoms with Gasteiger partial charge in [0.25, 0.3) is 0 Å². The minimum Gasteiger partial charge on any atom is -0.489 e. The summed E-state index contributed by atoms with van der Waals surface area (Å²) in [5.74, 6) is -2.22.